The monoisotopic (exact) mass is 458 g/mol. The van der Waals surface area contributed by atoms with Crippen molar-refractivity contribution in [3.05, 3.63) is 39.2 Å². The van der Waals surface area contributed by atoms with Gasteiger partial charge in [-0.25, -0.2) is 14.8 Å². The van der Waals surface area contributed by atoms with Crippen LogP contribution in [0.3, 0.4) is 0 Å². The van der Waals surface area contributed by atoms with Crippen LogP contribution < -0.4 is 15.0 Å². The Kier molecular flexibility index (Phi) is 5.70. The van der Waals surface area contributed by atoms with Crippen LogP contribution in [0.4, 0.5) is 10.8 Å². The SMILES string of the molecule is COC(=O)c1sc(NC(=O)CN2C(=O)COc3ccc(-c4csc(C)n4)cc32)nc1C. The van der Waals surface area contributed by atoms with Gasteiger partial charge in [0.15, 0.2) is 11.7 Å². The highest BCUT2D eigenvalue weighted by Gasteiger charge is 2.28. The number of rotatable bonds is 5. The minimum absolute atomic E-state index is 0.154. The van der Waals surface area contributed by atoms with Gasteiger partial charge in [0.25, 0.3) is 5.91 Å². The van der Waals surface area contributed by atoms with Crippen LogP contribution in [-0.4, -0.2) is 48.0 Å². The summed E-state index contributed by atoms with van der Waals surface area (Å²) < 4.78 is 10.2. The summed E-state index contributed by atoms with van der Waals surface area (Å²) in [4.78, 5) is 47.3. The van der Waals surface area contributed by atoms with Crippen LogP contribution in [-0.2, 0) is 14.3 Å². The lowest BCUT2D eigenvalue weighted by molar-refractivity contribution is -0.123. The molecule has 0 atom stereocenters. The average Bonchev–Trinajstić information content (AvgIpc) is 3.34. The van der Waals surface area contributed by atoms with Gasteiger partial charge in [0.05, 0.1) is 29.2 Å². The molecule has 1 aliphatic heterocycles. The molecule has 9 nitrogen and oxygen atoms in total. The van der Waals surface area contributed by atoms with Gasteiger partial charge in [-0.2, -0.15) is 0 Å². The Hall–Kier alpha value is -3.31. The number of thiazole rings is 2. The van der Waals surface area contributed by atoms with Crippen molar-refractivity contribution in [2.75, 3.05) is 30.5 Å². The van der Waals surface area contributed by atoms with E-state index >= 15 is 0 Å². The number of fused-ring (bicyclic) bond motifs is 1. The van der Waals surface area contributed by atoms with Crippen molar-refractivity contribution >= 4 is 51.3 Å². The van der Waals surface area contributed by atoms with Gasteiger partial charge in [-0.15, -0.1) is 11.3 Å². The number of aryl methyl sites for hydroxylation is 2. The summed E-state index contributed by atoms with van der Waals surface area (Å²) in [5.41, 5.74) is 2.58. The highest BCUT2D eigenvalue weighted by molar-refractivity contribution is 7.17. The quantitative estimate of drug-likeness (QED) is 0.585. The van der Waals surface area contributed by atoms with Crippen molar-refractivity contribution in [1.29, 1.82) is 0 Å². The second-order valence-corrected chi connectivity index (χ2v) is 8.74. The average molecular weight is 459 g/mol. The molecule has 0 saturated carbocycles. The number of anilines is 2. The Balaban J connectivity index is 1.55. The molecular formula is C20H18N4O5S2. The minimum Gasteiger partial charge on any atom is -0.482 e. The van der Waals surface area contributed by atoms with Gasteiger partial charge in [0.2, 0.25) is 5.91 Å². The maximum absolute atomic E-state index is 12.6. The number of amides is 2. The van der Waals surface area contributed by atoms with E-state index in [9.17, 15) is 14.4 Å². The molecule has 0 spiro atoms. The van der Waals surface area contributed by atoms with Crippen molar-refractivity contribution in [3.63, 3.8) is 0 Å². The number of hydrogen-bond acceptors (Lipinski definition) is 9. The van der Waals surface area contributed by atoms with E-state index in [1.54, 1.807) is 19.1 Å². The molecule has 31 heavy (non-hydrogen) atoms. The molecule has 0 radical (unpaired) electrons. The molecule has 0 aliphatic carbocycles. The number of methoxy groups -OCH3 is 1. The molecule has 2 amide bonds. The van der Waals surface area contributed by atoms with Crippen LogP contribution in [0.15, 0.2) is 23.6 Å². The van der Waals surface area contributed by atoms with Crippen LogP contribution in [0.1, 0.15) is 20.4 Å². The second kappa shape index (κ2) is 8.44. The van der Waals surface area contributed by atoms with E-state index in [0.717, 1.165) is 27.6 Å². The Bertz CT molecular complexity index is 1190. The molecule has 2 aromatic heterocycles. The maximum atomic E-state index is 12.6. The molecule has 3 aromatic rings. The molecule has 11 heteroatoms. The number of hydrogen-bond donors (Lipinski definition) is 1. The molecule has 3 heterocycles. The first-order chi connectivity index (χ1) is 14.9. The van der Waals surface area contributed by atoms with Gasteiger partial charge < -0.3 is 14.8 Å². The summed E-state index contributed by atoms with van der Waals surface area (Å²) in [5.74, 6) is -0.778. The van der Waals surface area contributed by atoms with Gasteiger partial charge in [0.1, 0.15) is 17.2 Å². The van der Waals surface area contributed by atoms with E-state index < -0.39 is 11.9 Å². The lowest BCUT2D eigenvalue weighted by atomic mass is 10.1. The fourth-order valence-electron chi connectivity index (χ4n) is 3.07. The number of aromatic nitrogens is 2. The predicted molar refractivity (Wildman–Crippen MR) is 117 cm³/mol. The zero-order valence-electron chi connectivity index (χ0n) is 16.9. The van der Waals surface area contributed by atoms with Crippen LogP contribution in [0.5, 0.6) is 5.75 Å². The van der Waals surface area contributed by atoms with E-state index in [-0.39, 0.29) is 24.2 Å². The summed E-state index contributed by atoms with van der Waals surface area (Å²) in [6.45, 7) is 3.20. The summed E-state index contributed by atoms with van der Waals surface area (Å²) in [6.07, 6.45) is 0. The van der Waals surface area contributed by atoms with Crippen molar-refractivity contribution in [3.8, 4) is 17.0 Å². The number of ether oxygens (including phenoxy) is 2. The van der Waals surface area contributed by atoms with E-state index in [1.165, 1.54) is 23.3 Å². The fraction of sp³-hybridized carbons (Fsp3) is 0.250. The van der Waals surface area contributed by atoms with E-state index in [2.05, 4.69) is 15.3 Å². The number of carbonyl (C=O) groups excluding carboxylic acids is 3. The highest BCUT2D eigenvalue weighted by atomic mass is 32.1. The largest absolute Gasteiger partial charge is 0.482 e. The van der Waals surface area contributed by atoms with Crippen molar-refractivity contribution in [1.82, 2.24) is 9.97 Å². The summed E-state index contributed by atoms with van der Waals surface area (Å²) in [6, 6.07) is 5.43. The van der Waals surface area contributed by atoms with Crippen LogP contribution in [0, 0.1) is 13.8 Å². The van der Waals surface area contributed by atoms with Gasteiger partial charge in [-0.3, -0.25) is 14.5 Å². The lowest BCUT2D eigenvalue weighted by Crippen LogP contribution is -2.43. The highest BCUT2D eigenvalue weighted by Crippen LogP contribution is 2.36. The van der Waals surface area contributed by atoms with E-state index in [4.69, 9.17) is 9.47 Å². The zero-order chi connectivity index (χ0) is 22.1. The third-order valence-electron chi connectivity index (χ3n) is 4.53. The number of nitrogens with zero attached hydrogens (tertiary/aromatic N) is 3. The Morgan fingerprint density at radius 2 is 2.10 bits per heavy atom. The predicted octanol–water partition coefficient (Wildman–Crippen LogP) is 3.03. The van der Waals surface area contributed by atoms with Crippen LogP contribution in [0.25, 0.3) is 11.3 Å². The number of esters is 1. The Morgan fingerprint density at radius 1 is 1.29 bits per heavy atom. The molecule has 0 unspecified atom stereocenters. The molecule has 160 valence electrons. The van der Waals surface area contributed by atoms with Crippen LogP contribution >= 0.6 is 22.7 Å². The third kappa shape index (κ3) is 4.28. The first-order valence-electron chi connectivity index (χ1n) is 9.21. The van der Waals surface area contributed by atoms with E-state index in [1.807, 2.05) is 18.4 Å². The molecular weight excluding hydrogens is 440 g/mol. The Labute approximate surface area is 185 Å². The Morgan fingerprint density at radius 3 is 2.81 bits per heavy atom. The van der Waals surface area contributed by atoms with Gasteiger partial charge in [-0.1, -0.05) is 11.3 Å². The second-order valence-electron chi connectivity index (χ2n) is 6.68. The number of carbonyl (C=O) groups is 3. The minimum atomic E-state index is -0.516. The normalized spacial score (nSPS) is 12.9. The molecule has 4 rings (SSSR count). The van der Waals surface area contributed by atoms with E-state index in [0.29, 0.717) is 22.0 Å². The van der Waals surface area contributed by atoms with Gasteiger partial charge >= 0.3 is 5.97 Å². The summed E-state index contributed by atoms with van der Waals surface area (Å²) >= 11 is 2.55. The molecule has 1 aromatic carbocycles. The molecule has 0 fully saturated rings. The van der Waals surface area contributed by atoms with Crippen molar-refractivity contribution in [2.24, 2.45) is 0 Å². The maximum Gasteiger partial charge on any atom is 0.350 e. The standard InChI is InChI=1S/C20H18N4O5S2/c1-10-18(19(27)28-3)31-20(21-10)23-16(25)7-24-14-6-12(13-9-30-11(2)22-13)4-5-15(14)29-8-17(24)26/h4-6,9H,7-8H2,1-3H3,(H,21,23,25). The number of nitrogens with one attached hydrogen (secondary N) is 1. The first kappa shape index (κ1) is 20.9. The molecule has 1 N–H and O–H groups in total. The molecule has 1 aliphatic rings. The van der Waals surface area contributed by atoms with Crippen molar-refractivity contribution < 1.29 is 23.9 Å². The summed E-state index contributed by atoms with van der Waals surface area (Å²) in [5, 5.41) is 5.77. The summed E-state index contributed by atoms with van der Waals surface area (Å²) in [7, 11) is 1.28. The zero-order valence-corrected chi connectivity index (χ0v) is 18.6. The van der Waals surface area contributed by atoms with Crippen LogP contribution in [0.2, 0.25) is 0 Å². The third-order valence-corrected chi connectivity index (χ3v) is 6.36. The van der Waals surface area contributed by atoms with Gasteiger partial charge in [-0.05, 0) is 32.0 Å². The topological polar surface area (TPSA) is 111 Å². The fourth-order valence-corrected chi connectivity index (χ4v) is 4.59. The molecule has 0 bridgehead atoms. The molecule has 0 saturated heterocycles. The van der Waals surface area contributed by atoms with Gasteiger partial charge in [0, 0.05) is 10.9 Å². The number of benzene rings is 1. The van der Waals surface area contributed by atoms with Crippen molar-refractivity contribution in [2.45, 2.75) is 13.8 Å². The smallest absolute Gasteiger partial charge is 0.350 e. The first-order valence-corrected chi connectivity index (χ1v) is 10.9. The lowest BCUT2D eigenvalue weighted by Gasteiger charge is -2.29.